The second kappa shape index (κ2) is 5.46. The van der Waals surface area contributed by atoms with E-state index >= 15 is 0 Å². The second-order valence-corrected chi connectivity index (χ2v) is 5.05. The Morgan fingerprint density at radius 1 is 1.12 bits per heavy atom. The van der Waals surface area contributed by atoms with Gasteiger partial charge in [0.15, 0.2) is 0 Å². The molecule has 0 amide bonds. The molecule has 0 heterocycles. The van der Waals surface area contributed by atoms with Crippen LogP contribution in [0.4, 0.5) is 13.2 Å². The van der Waals surface area contributed by atoms with Crippen LogP contribution in [-0.2, 0) is 6.42 Å². The van der Waals surface area contributed by atoms with E-state index in [1.807, 2.05) is 0 Å². The lowest BCUT2D eigenvalue weighted by molar-refractivity contribution is -0.162. The molecule has 1 rings (SSSR count). The van der Waals surface area contributed by atoms with Crippen molar-refractivity contribution in [2.45, 2.75) is 29.5 Å². The Bertz CT molecular complexity index is 351. The van der Waals surface area contributed by atoms with Crippen molar-refractivity contribution in [1.82, 2.24) is 0 Å². The highest BCUT2D eigenvalue weighted by molar-refractivity contribution is 6.49. The maximum absolute atomic E-state index is 12.4. The Morgan fingerprint density at radius 2 is 1.65 bits per heavy atom. The third-order valence-electron chi connectivity index (χ3n) is 2.35. The van der Waals surface area contributed by atoms with E-state index < -0.39 is 16.6 Å². The summed E-state index contributed by atoms with van der Waals surface area (Å²) in [5.41, 5.74) is 0.817. The quantitative estimate of drug-likeness (QED) is 0.837. The van der Waals surface area contributed by atoms with Gasteiger partial charge in [0.05, 0.1) is 6.10 Å². The molecule has 0 radical (unpaired) electrons. The minimum absolute atomic E-state index is 0.156. The Kier molecular flexibility index (Phi) is 4.69. The highest BCUT2D eigenvalue weighted by Gasteiger charge is 2.57. The minimum atomic E-state index is -4.85. The number of rotatable bonds is 4. The number of alkyl halides is 5. The molecule has 1 aromatic carbocycles. The van der Waals surface area contributed by atoms with Crippen LogP contribution < -0.4 is 0 Å². The summed E-state index contributed by atoms with van der Waals surface area (Å²) in [6.45, 7) is 0. The van der Waals surface area contributed by atoms with E-state index in [2.05, 4.69) is 0 Å². The highest BCUT2D eigenvalue weighted by Crippen LogP contribution is 2.43. The largest absolute Gasteiger partial charge is 0.424 e. The van der Waals surface area contributed by atoms with Gasteiger partial charge in [0.2, 0.25) is 4.33 Å². The van der Waals surface area contributed by atoms with E-state index in [1.165, 1.54) is 0 Å². The fraction of sp³-hybridized carbons (Fsp3) is 0.455. The van der Waals surface area contributed by atoms with E-state index in [0.717, 1.165) is 5.56 Å². The van der Waals surface area contributed by atoms with Crippen LogP contribution in [0.3, 0.4) is 0 Å². The lowest BCUT2D eigenvalue weighted by Crippen LogP contribution is -2.45. The van der Waals surface area contributed by atoms with Crippen LogP contribution in [0.5, 0.6) is 0 Å². The van der Waals surface area contributed by atoms with Crippen molar-refractivity contribution < 1.29 is 18.3 Å². The van der Waals surface area contributed by atoms with Crippen LogP contribution in [0.25, 0.3) is 0 Å². The van der Waals surface area contributed by atoms with Crippen LogP contribution in [0, 0.1) is 0 Å². The van der Waals surface area contributed by atoms with Crippen LogP contribution in [-0.4, -0.2) is 21.7 Å². The molecule has 1 aromatic rings. The van der Waals surface area contributed by atoms with Gasteiger partial charge in [-0.3, -0.25) is 0 Å². The zero-order valence-electron chi connectivity index (χ0n) is 8.72. The summed E-state index contributed by atoms with van der Waals surface area (Å²) in [5, 5.41) is 9.39. The normalized spacial score (nSPS) is 14.7. The van der Waals surface area contributed by atoms with E-state index in [9.17, 15) is 18.3 Å². The summed E-state index contributed by atoms with van der Waals surface area (Å²) in [4.78, 5) is 0. The first-order valence-electron chi connectivity index (χ1n) is 4.91. The molecule has 17 heavy (non-hydrogen) atoms. The average Bonchev–Trinajstić information content (AvgIpc) is 2.25. The topological polar surface area (TPSA) is 20.2 Å². The molecular weight excluding hydrogens is 276 g/mol. The van der Waals surface area contributed by atoms with Crippen molar-refractivity contribution in [3.63, 3.8) is 0 Å². The minimum Gasteiger partial charge on any atom is -0.390 e. The Morgan fingerprint density at radius 3 is 2.12 bits per heavy atom. The molecule has 0 aromatic heterocycles. The first-order valence-corrected chi connectivity index (χ1v) is 5.67. The van der Waals surface area contributed by atoms with Crippen molar-refractivity contribution in [2.75, 3.05) is 0 Å². The first-order chi connectivity index (χ1) is 7.75. The number of aryl methyl sites for hydroxylation is 1. The molecular formula is C11H11Cl2F3O. The second-order valence-electron chi connectivity index (χ2n) is 3.66. The molecule has 0 bridgehead atoms. The van der Waals surface area contributed by atoms with Gasteiger partial charge in [-0.15, -0.1) is 0 Å². The molecule has 96 valence electrons. The summed E-state index contributed by atoms with van der Waals surface area (Å²) < 4.78 is 34.0. The number of halogens is 5. The molecule has 0 spiro atoms. The third kappa shape index (κ3) is 3.76. The number of hydrogen-bond donors (Lipinski definition) is 1. The monoisotopic (exact) mass is 286 g/mol. The zero-order valence-corrected chi connectivity index (χ0v) is 10.2. The molecule has 0 aliphatic rings. The van der Waals surface area contributed by atoms with Crippen molar-refractivity contribution in [3.8, 4) is 0 Å². The molecule has 1 unspecified atom stereocenters. The van der Waals surface area contributed by atoms with Gasteiger partial charge >= 0.3 is 6.18 Å². The van der Waals surface area contributed by atoms with E-state index in [4.69, 9.17) is 23.2 Å². The predicted molar refractivity (Wildman–Crippen MR) is 61.3 cm³/mol. The fourth-order valence-corrected chi connectivity index (χ4v) is 1.54. The highest BCUT2D eigenvalue weighted by atomic mass is 35.5. The van der Waals surface area contributed by atoms with Gasteiger partial charge in [-0.2, -0.15) is 13.2 Å². The van der Waals surface area contributed by atoms with Crippen molar-refractivity contribution >= 4 is 23.2 Å². The van der Waals surface area contributed by atoms with Crippen molar-refractivity contribution in [2.24, 2.45) is 0 Å². The first kappa shape index (κ1) is 14.6. The van der Waals surface area contributed by atoms with Gasteiger partial charge < -0.3 is 5.11 Å². The number of aliphatic hydroxyl groups excluding tert-OH is 1. The summed E-state index contributed by atoms with van der Waals surface area (Å²) in [5.74, 6) is 0. The van der Waals surface area contributed by atoms with Crippen molar-refractivity contribution in [3.05, 3.63) is 35.9 Å². The van der Waals surface area contributed by atoms with Crippen LogP contribution in [0.1, 0.15) is 12.0 Å². The number of aliphatic hydroxyl groups is 1. The third-order valence-corrected chi connectivity index (χ3v) is 3.28. The van der Waals surface area contributed by atoms with Crippen molar-refractivity contribution in [1.29, 1.82) is 0 Å². The Hall–Kier alpha value is -0.450. The van der Waals surface area contributed by atoms with Crippen LogP contribution >= 0.6 is 23.2 Å². The van der Waals surface area contributed by atoms with E-state index in [0.29, 0.717) is 0 Å². The lowest BCUT2D eigenvalue weighted by atomic mass is 10.0. The molecule has 6 heteroatoms. The molecule has 1 atom stereocenters. The molecule has 0 fully saturated rings. The van der Waals surface area contributed by atoms with Gasteiger partial charge in [0.25, 0.3) is 0 Å². The average molecular weight is 287 g/mol. The summed E-state index contributed by atoms with van der Waals surface area (Å²) >= 11 is 10.2. The maximum Gasteiger partial charge on any atom is 0.424 e. The van der Waals surface area contributed by atoms with Gasteiger partial charge in [0.1, 0.15) is 0 Å². The molecule has 0 aliphatic carbocycles. The summed E-state index contributed by atoms with van der Waals surface area (Å²) in [7, 11) is 0. The predicted octanol–water partition coefficient (Wildman–Crippen LogP) is 3.72. The number of benzene rings is 1. The Labute approximate surface area is 107 Å². The molecule has 0 aliphatic heterocycles. The van der Waals surface area contributed by atoms with Gasteiger partial charge in [0, 0.05) is 0 Å². The molecule has 0 saturated carbocycles. The fourth-order valence-electron chi connectivity index (χ4n) is 1.32. The van der Waals surface area contributed by atoms with Crippen LogP contribution in [0.2, 0.25) is 0 Å². The van der Waals surface area contributed by atoms with Crippen LogP contribution in [0.15, 0.2) is 30.3 Å². The van der Waals surface area contributed by atoms with Gasteiger partial charge in [-0.05, 0) is 18.4 Å². The Balaban J connectivity index is 2.59. The molecule has 0 saturated heterocycles. The van der Waals surface area contributed by atoms with Gasteiger partial charge in [-0.25, -0.2) is 0 Å². The molecule has 1 N–H and O–H groups in total. The summed E-state index contributed by atoms with van der Waals surface area (Å²) in [6, 6.07) is 8.83. The SMILES string of the molecule is OC(CCc1ccccc1)C(Cl)(Cl)C(F)(F)F. The van der Waals surface area contributed by atoms with Gasteiger partial charge in [-0.1, -0.05) is 53.5 Å². The lowest BCUT2D eigenvalue weighted by Gasteiger charge is -2.27. The van der Waals surface area contributed by atoms with E-state index in [-0.39, 0.29) is 12.8 Å². The van der Waals surface area contributed by atoms with E-state index in [1.54, 1.807) is 30.3 Å². The summed E-state index contributed by atoms with van der Waals surface area (Å²) in [6.07, 6.45) is -6.59. The maximum atomic E-state index is 12.4. The molecule has 1 nitrogen and oxygen atoms in total. The zero-order chi connectivity index (χ0) is 13.1. The standard InChI is InChI=1S/C11H11Cl2F3O/c12-10(13,11(14,15)16)9(17)7-6-8-4-2-1-3-5-8/h1-5,9,17H,6-7H2. The smallest absolute Gasteiger partial charge is 0.390 e. The number of hydrogen-bond acceptors (Lipinski definition) is 1.